The van der Waals surface area contributed by atoms with Gasteiger partial charge in [0.25, 0.3) is 0 Å². The van der Waals surface area contributed by atoms with Gasteiger partial charge >= 0.3 is 6.03 Å². The fourth-order valence-corrected chi connectivity index (χ4v) is 4.54. The maximum atomic E-state index is 12.9. The number of hydrogen-bond donors (Lipinski definition) is 2. The number of sulfonamides is 1. The number of carbonyl (C=O) groups is 2. The lowest BCUT2D eigenvalue weighted by molar-refractivity contribution is -0.125. The number of piperazine rings is 1. The predicted octanol–water partition coefficient (Wildman–Crippen LogP) is 1.23. The van der Waals surface area contributed by atoms with Gasteiger partial charge in [-0.3, -0.25) is 15.0 Å². The average Bonchev–Trinajstić information content (AvgIpc) is 2.62. The van der Waals surface area contributed by atoms with E-state index in [9.17, 15) is 18.0 Å². The number of hydrogen-bond acceptors (Lipinski definition) is 5. The molecule has 1 aromatic carbocycles. The highest BCUT2D eigenvalue weighted by Gasteiger charge is 2.32. The number of nitrogens with one attached hydrogen (secondary N) is 2. The van der Waals surface area contributed by atoms with Crippen molar-refractivity contribution in [1.29, 1.82) is 0 Å². The minimum absolute atomic E-state index is 0.0673. The summed E-state index contributed by atoms with van der Waals surface area (Å²) in [6.45, 7) is 10.6. The highest BCUT2D eigenvalue weighted by atomic mass is 32.2. The summed E-state index contributed by atoms with van der Waals surface area (Å²) in [4.78, 5) is 26.1. The first kappa shape index (κ1) is 22.3. The number of amides is 3. The van der Waals surface area contributed by atoms with Crippen molar-refractivity contribution < 1.29 is 18.0 Å². The van der Waals surface area contributed by atoms with Gasteiger partial charge in [0.1, 0.15) is 0 Å². The molecular weight excluding hydrogens is 380 g/mol. The third-order valence-corrected chi connectivity index (χ3v) is 6.87. The SMILES string of the molecule is Cc1ccc(S(=O)(=O)N2CCN([C@@H](C)C(=O)NC(=O)NC(C)C)CC2)cc1C. The molecule has 0 aromatic heterocycles. The monoisotopic (exact) mass is 410 g/mol. The number of rotatable bonds is 5. The molecule has 2 N–H and O–H groups in total. The summed E-state index contributed by atoms with van der Waals surface area (Å²) < 4.78 is 27.2. The molecule has 1 fully saturated rings. The summed E-state index contributed by atoms with van der Waals surface area (Å²) in [6.07, 6.45) is 0. The molecule has 3 amide bonds. The van der Waals surface area contributed by atoms with E-state index in [0.29, 0.717) is 31.1 Å². The van der Waals surface area contributed by atoms with Crippen LogP contribution in [-0.2, 0) is 14.8 Å². The topological polar surface area (TPSA) is 98.8 Å². The van der Waals surface area contributed by atoms with E-state index in [-0.39, 0.29) is 6.04 Å². The molecule has 2 rings (SSSR count). The van der Waals surface area contributed by atoms with Gasteiger partial charge in [0.2, 0.25) is 15.9 Å². The first-order valence-corrected chi connectivity index (χ1v) is 10.9. The zero-order valence-electron chi connectivity index (χ0n) is 17.2. The van der Waals surface area contributed by atoms with Gasteiger partial charge in [-0.15, -0.1) is 0 Å². The molecule has 28 heavy (non-hydrogen) atoms. The second kappa shape index (κ2) is 9.02. The molecule has 1 aliphatic rings. The molecule has 0 bridgehead atoms. The molecule has 1 saturated heterocycles. The number of aryl methyl sites for hydroxylation is 2. The van der Waals surface area contributed by atoms with Gasteiger partial charge in [-0.05, 0) is 57.9 Å². The van der Waals surface area contributed by atoms with Crippen LogP contribution in [0.1, 0.15) is 31.9 Å². The van der Waals surface area contributed by atoms with Gasteiger partial charge in [0.15, 0.2) is 0 Å². The summed E-state index contributed by atoms with van der Waals surface area (Å²) >= 11 is 0. The molecule has 0 saturated carbocycles. The lowest BCUT2D eigenvalue weighted by Crippen LogP contribution is -2.56. The Morgan fingerprint density at radius 1 is 1.00 bits per heavy atom. The Kier molecular flexibility index (Phi) is 7.19. The van der Waals surface area contributed by atoms with Crippen molar-refractivity contribution in [3.8, 4) is 0 Å². The molecular formula is C19H30N4O4S. The Labute approximate surface area is 167 Å². The van der Waals surface area contributed by atoms with Gasteiger partial charge < -0.3 is 5.32 Å². The Balaban J connectivity index is 1.96. The van der Waals surface area contributed by atoms with E-state index in [0.717, 1.165) is 11.1 Å². The van der Waals surface area contributed by atoms with Crippen LogP contribution in [0.5, 0.6) is 0 Å². The van der Waals surface area contributed by atoms with Gasteiger partial charge in [-0.1, -0.05) is 6.07 Å². The van der Waals surface area contributed by atoms with E-state index >= 15 is 0 Å². The fourth-order valence-electron chi connectivity index (χ4n) is 3.04. The summed E-state index contributed by atoms with van der Waals surface area (Å²) in [7, 11) is -3.56. The number of urea groups is 1. The third kappa shape index (κ3) is 5.30. The Hall–Kier alpha value is -1.97. The zero-order valence-corrected chi connectivity index (χ0v) is 18.0. The molecule has 0 unspecified atom stereocenters. The second-order valence-corrected chi connectivity index (χ2v) is 9.42. The van der Waals surface area contributed by atoms with Crippen LogP contribution in [0.2, 0.25) is 0 Å². The number of carbonyl (C=O) groups excluding carboxylic acids is 2. The summed E-state index contributed by atoms with van der Waals surface area (Å²) in [6, 6.07) is 4.02. The van der Waals surface area contributed by atoms with E-state index < -0.39 is 28.0 Å². The van der Waals surface area contributed by atoms with Crippen LogP contribution in [0, 0.1) is 13.8 Å². The van der Waals surface area contributed by atoms with Crippen LogP contribution >= 0.6 is 0 Å². The third-order valence-electron chi connectivity index (χ3n) is 4.97. The molecule has 1 aliphatic heterocycles. The standard InChI is InChI=1S/C19H30N4O4S/c1-13(2)20-19(25)21-18(24)16(5)22-8-10-23(11-9-22)28(26,27)17-7-6-14(3)15(4)12-17/h6-7,12-13,16H,8-11H2,1-5H3,(H2,20,21,24,25)/t16-/m0/s1. The maximum Gasteiger partial charge on any atom is 0.321 e. The lowest BCUT2D eigenvalue weighted by atomic mass is 10.1. The molecule has 0 spiro atoms. The normalized spacial score (nSPS) is 17.4. The minimum atomic E-state index is -3.56. The van der Waals surface area contributed by atoms with Crippen LogP contribution < -0.4 is 10.6 Å². The Bertz CT molecular complexity index is 830. The van der Waals surface area contributed by atoms with Crippen molar-refractivity contribution in [1.82, 2.24) is 19.8 Å². The van der Waals surface area contributed by atoms with Crippen molar-refractivity contribution in [2.45, 2.75) is 51.6 Å². The van der Waals surface area contributed by atoms with Crippen molar-refractivity contribution in [3.63, 3.8) is 0 Å². The number of nitrogens with zero attached hydrogens (tertiary/aromatic N) is 2. The van der Waals surface area contributed by atoms with E-state index in [4.69, 9.17) is 0 Å². The highest BCUT2D eigenvalue weighted by molar-refractivity contribution is 7.89. The summed E-state index contributed by atoms with van der Waals surface area (Å²) in [5.74, 6) is -0.399. The first-order chi connectivity index (χ1) is 13.0. The van der Waals surface area contributed by atoms with Crippen molar-refractivity contribution >= 4 is 22.0 Å². The van der Waals surface area contributed by atoms with Crippen LogP contribution in [0.3, 0.4) is 0 Å². The zero-order chi connectivity index (χ0) is 21.1. The fraction of sp³-hybridized carbons (Fsp3) is 0.579. The average molecular weight is 411 g/mol. The molecule has 9 heteroatoms. The summed E-state index contributed by atoms with van der Waals surface area (Å²) in [5.41, 5.74) is 1.98. The smallest absolute Gasteiger partial charge is 0.321 e. The summed E-state index contributed by atoms with van der Waals surface area (Å²) in [5, 5.41) is 4.93. The van der Waals surface area contributed by atoms with Gasteiger partial charge in [-0.25, -0.2) is 13.2 Å². The second-order valence-electron chi connectivity index (χ2n) is 7.48. The highest BCUT2D eigenvalue weighted by Crippen LogP contribution is 2.21. The van der Waals surface area contributed by atoms with Gasteiger partial charge in [0, 0.05) is 32.2 Å². The van der Waals surface area contributed by atoms with Crippen LogP contribution in [0.15, 0.2) is 23.1 Å². The van der Waals surface area contributed by atoms with Crippen molar-refractivity contribution in [2.75, 3.05) is 26.2 Å². The van der Waals surface area contributed by atoms with E-state index in [1.165, 1.54) is 4.31 Å². The molecule has 1 atom stereocenters. The van der Waals surface area contributed by atoms with Crippen LogP contribution in [0.25, 0.3) is 0 Å². The number of benzene rings is 1. The van der Waals surface area contributed by atoms with Gasteiger partial charge in [0.05, 0.1) is 10.9 Å². The molecule has 1 aromatic rings. The Morgan fingerprint density at radius 3 is 2.14 bits per heavy atom. The lowest BCUT2D eigenvalue weighted by Gasteiger charge is -2.36. The van der Waals surface area contributed by atoms with E-state index in [1.807, 2.05) is 38.7 Å². The van der Waals surface area contributed by atoms with E-state index in [1.54, 1.807) is 19.1 Å². The minimum Gasteiger partial charge on any atom is -0.336 e. The van der Waals surface area contributed by atoms with Crippen LogP contribution in [0.4, 0.5) is 4.79 Å². The van der Waals surface area contributed by atoms with E-state index in [2.05, 4.69) is 10.6 Å². The van der Waals surface area contributed by atoms with Crippen LogP contribution in [-0.4, -0.2) is 67.8 Å². The van der Waals surface area contributed by atoms with Crippen molar-refractivity contribution in [2.24, 2.45) is 0 Å². The van der Waals surface area contributed by atoms with Crippen molar-refractivity contribution in [3.05, 3.63) is 29.3 Å². The maximum absolute atomic E-state index is 12.9. The molecule has 8 nitrogen and oxygen atoms in total. The Morgan fingerprint density at radius 2 is 1.61 bits per heavy atom. The first-order valence-electron chi connectivity index (χ1n) is 9.45. The number of imide groups is 1. The van der Waals surface area contributed by atoms with Gasteiger partial charge in [-0.2, -0.15) is 4.31 Å². The quantitative estimate of drug-likeness (QED) is 0.761. The molecule has 1 heterocycles. The molecule has 156 valence electrons. The molecule has 0 radical (unpaired) electrons. The predicted molar refractivity (Wildman–Crippen MR) is 108 cm³/mol. The largest absolute Gasteiger partial charge is 0.336 e. The molecule has 0 aliphatic carbocycles.